The number of nitrogens with zero attached hydrogens (tertiary/aromatic N) is 4. The molecule has 1 aromatic rings. The fourth-order valence-corrected chi connectivity index (χ4v) is 3.82. The molecule has 0 bridgehead atoms. The number of hydrogen-bond donors (Lipinski definition) is 0. The summed E-state index contributed by atoms with van der Waals surface area (Å²) in [4.78, 5) is 0. The first-order valence-corrected chi connectivity index (χ1v) is 8.75. The molecule has 0 fully saturated rings. The Balaban J connectivity index is 3.02. The molecule has 0 aliphatic heterocycles. The van der Waals surface area contributed by atoms with Crippen LogP contribution in [0.5, 0.6) is 0 Å². The fourth-order valence-electron chi connectivity index (χ4n) is 2.13. The summed E-state index contributed by atoms with van der Waals surface area (Å²) in [5, 5.41) is 25.3. The second-order valence-corrected chi connectivity index (χ2v) is 6.90. The van der Waals surface area contributed by atoms with Crippen LogP contribution in [0, 0.1) is 34.0 Å². The Morgan fingerprint density at radius 1 is 0.957 bits per heavy atom. The van der Waals surface area contributed by atoms with Crippen molar-refractivity contribution >= 4 is 10.0 Å². The number of sulfonamides is 1. The van der Waals surface area contributed by atoms with Gasteiger partial charge in [-0.15, -0.1) is 0 Å². The van der Waals surface area contributed by atoms with Crippen molar-refractivity contribution in [1.82, 2.24) is 4.31 Å². The van der Waals surface area contributed by atoms with Gasteiger partial charge >= 0.3 is 0 Å². The maximum Gasteiger partial charge on any atom is 0.234 e. The maximum absolute atomic E-state index is 12.8. The lowest BCUT2D eigenvalue weighted by atomic mass is 10.2. The molecule has 0 radical (unpaired) electrons. The van der Waals surface area contributed by atoms with Crippen LogP contribution in [0.15, 0.2) is 30.3 Å². The van der Waals surface area contributed by atoms with Crippen LogP contribution >= 0.6 is 0 Å². The average Bonchev–Trinajstić information content (AvgIpc) is 2.55. The first-order valence-electron chi connectivity index (χ1n) is 7.25. The lowest BCUT2D eigenvalue weighted by Gasteiger charge is -2.24. The normalized spacial score (nSPS) is 12.1. The molecular weight excluding hydrogens is 312 g/mol. The van der Waals surface area contributed by atoms with Gasteiger partial charge in [0, 0.05) is 25.9 Å². The van der Waals surface area contributed by atoms with Crippen LogP contribution < -0.4 is 0 Å². The van der Waals surface area contributed by atoms with Crippen molar-refractivity contribution in [2.24, 2.45) is 0 Å². The van der Waals surface area contributed by atoms with Crippen LogP contribution in [0.2, 0.25) is 0 Å². The van der Waals surface area contributed by atoms with Crippen LogP contribution in [0.1, 0.15) is 36.5 Å². The number of unbranched alkanes of at least 4 members (excludes halogenated alkanes) is 2. The summed E-state index contributed by atoms with van der Waals surface area (Å²) < 4.78 is 26.8. The topological polar surface area (TPSA) is 109 Å². The SMILES string of the molecule is N#CCCCN(CCCC#N)S(=O)(=O)C(C#N)c1ccccc1. The van der Waals surface area contributed by atoms with Gasteiger partial charge < -0.3 is 0 Å². The number of hydrogen-bond acceptors (Lipinski definition) is 5. The molecular formula is C16H18N4O2S. The Bertz CT molecular complexity index is 691. The molecule has 0 aliphatic rings. The number of benzene rings is 1. The molecule has 0 saturated carbocycles. The van der Waals surface area contributed by atoms with Gasteiger partial charge in [0.1, 0.15) is 0 Å². The summed E-state index contributed by atoms with van der Waals surface area (Å²) in [6.45, 7) is 0.346. The molecule has 23 heavy (non-hydrogen) atoms. The Morgan fingerprint density at radius 3 is 1.91 bits per heavy atom. The van der Waals surface area contributed by atoms with Crippen molar-refractivity contribution in [3.63, 3.8) is 0 Å². The van der Waals surface area contributed by atoms with Crippen LogP contribution in [0.25, 0.3) is 0 Å². The highest BCUT2D eigenvalue weighted by atomic mass is 32.2. The minimum Gasteiger partial charge on any atom is -0.210 e. The van der Waals surface area contributed by atoms with Gasteiger partial charge in [0.15, 0.2) is 5.25 Å². The molecule has 0 saturated heterocycles. The van der Waals surface area contributed by atoms with Gasteiger partial charge in [0.25, 0.3) is 0 Å². The van der Waals surface area contributed by atoms with Crippen molar-refractivity contribution in [2.75, 3.05) is 13.1 Å². The zero-order valence-electron chi connectivity index (χ0n) is 12.7. The molecule has 1 unspecified atom stereocenters. The van der Waals surface area contributed by atoms with Gasteiger partial charge in [-0.1, -0.05) is 30.3 Å². The van der Waals surface area contributed by atoms with Gasteiger partial charge in [-0.25, -0.2) is 12.7 Å². The summed E-state index contributed by atoms with van der Waals surface area (Å²) in [5.74, 6) is 0. The van der Waals surface area contributed by atoms with Crippen molar-refractivity contribution in [1.29, 1.82) is 15.8 Å². The van der Waals surface area contributed by atoms with E-state index in [-0.39, 0.29) is 25.9 Å². The van der Waals surface area contributed by atoms with Crippen LogP contribution in [-0.4, -0.2) is 25.8 Å². The molecule has 0 aromatic heterocycles. The van der Waals surface area contributed by atoms with Gasteiger partial charge in [0.05, 0.1) is 18.2 Å². The maximum atomic E-state index is 12.8. The zero-order valence-corrected chi connectivity index (χ0v) is 13.5. The zero-order chi connectivity index (χ0) is 17.1. The standard InChI is InChI=1S/C16H18N4O2S/c17-10-4-6-12-20(13-7-5-11-18)23(21,22)16(14-19)15-8-2-1-3-9-15/h1-3,8-9,16H,4-7,12-13H2. The first-order chi connectivity index (χ1) is 11.1. The highest BCUT2D eigenvalue weighted by Gasteiger charge is 2.32. The van der Waals surface area contributed by atoms with Crippen LogP contribution in [-0.2, 0) is 10.0 Å². The molecule has 0 N–H and O–H groups in total. The molecule has 0 spiro atoms. The van der Waals surface area contributed by atoms with E-state index in [9.17, 15) is 13.7 Å². The van der Waals surface area contributed by atoms with E-state index in [1.807, 2.05) is 18.2 Å². The summed E-state index contributed by atoms with van der Waals surface area (Å²) in [5.41, 5.74) is 0.417. The minimum absolute atomic E-state index is 0.173. The molecule has 1 aromatic carbocycles. The largest absolute Gasteiger partial charge is 0.234 e. The lowest BCUT2D eigenvalue weighted by Crippen LogP contribution is -2.36. The summed E-state index contributed by atoms with van der Waals surface area (Å²) >= 11 is 0. The van der Waals surface area contributed by atoms with Crippen molar-refractivity contribution < 1.29 is 8.42 Å². The second kappa shape index (κ2) is 9.58. The fraction of sp³-hybridized carbons (Fsp3) is 0.438. The van der Waals surface area contributed by atoms with Crippen molar-refractivity contribution in [3.05, 3.63) is 35.9 Å². The molecule has 1 atom stereocenters. The Hall–Kier alpha value is -2.40. The summed E-state index contributed by atoms with van der Waals surface area (Å²) in [6.07, 6.45) is 1.28. The van der Waals surface area contributed by atoms with E-state index >= 15 is 0 Å². The Labute approximate surface area is 137 Å². The van der Waals surface area contributed by atoms with E-state index < -0.39 is 15.3 Å². The van der Waals surface area contributed by atoms with Gasteiger partial charge in [0.2, 0.25) is 10.0 Å². The molecule has 0 aliphatic carbocycles. The monoisotopic (exact) mass is 330 g/mol. The third-order valence-electron chi connectivity index (χ3n) is 3.27. The third-order valence-corrected chi connectivity index (χ3v) is 5.33. The predicted octanol–water partition coefficient (Wildman–Crippen LogP) is 2.49. The Kier molecular flexibility index (Phi) is 7.77. The first kappa shape index (κ1) is 18.6. The smallest absolute Gasteiger partial charge is 0.210 e. The van der Waals surface area contributed by atoms with Gasteiger partial charge in [-0.05, 0) is 18.4 Å². The highest BCUT2D eigenvalue weighted by Crippen LogP contribution is 2.25. The number of nitriles is 3. The van der Waals surface area contributed by atoms with Crippen molar-refractivity contribution in [3.8, 4) is 18.2 Å². The molecule has 0 amide bonds. The molecule has 0 heterocycles. The van der Waals surface area contributed by atoms with E-state index in [1.54, 1.807) is 30.3 Å². The molecule has 6 nitrogen and oxygen atoms in total. The summed E-state index contributed by atoms with van der Waals surface area (Å²) in [7, 11) is -3.87. The predicted molar refractivity (Wildman–Crippen MR) is 85.0 cm³/mol. The molecule has 1 rings (SSSR count). The van der Waals surface area contributed by atoms with Gasteiger partial charge in [-0.2, -0.15) is 15.8 Å². The highest BCUT2D eigenvalue weighted by molar-refractivity contribution is 7.89. The second-order valence-electron chi connectivity index (χ2n) is 4.89. The Morgan fingerprint density at radius 2 is 1.48 bits per heavy atom. The minimum atomic E-state index is -3.87. The summed E-state index contributed by atoms with van der Waals surface area (Å²) in [6, 6.07) is 14.1. The average molecular weight is 330 g/mol. The quantitative estimate of drug-likeness (QED) is 0.646. The lowest BCUT2D eigenvalue weighted by molar-refractivity contribution is 0.398. The van der Waals surface area contributed by atoms with E-state index in [2.05, 4.69) is 0 Å². The molecule has 7 heteroatoms. The van der Waals surface area contributed by atoms with E-state index in [0.29, 0.717) is 18.4 Å². The third kappa shape index (κ3) is 5.38. The van der Waals surface area contributed by atoms with Gasteiger partial charge in [-0.3, -0.25) is 0 Å². The van der Waals surface area contributed by atoms with Crippen LogP contribution in [0.4, 0.5) is 0 Å². The van der Waals surface area contributed by atoms with E-state index in [1.165, 1.54) is 4.31 Å². The number of rotatable bonds is 9. The molecule has 120 valence electrons. The van der Waals surface area contributed by atoms with E-state index in [4.69, 9.17) is 10.5 Å². The van der Waals surface area contributed by atoms with Crippen molar-refractivity contribution in [2.45, 2.75) is 30.9 Å². The van der Waals surface area contributed by atoms with Crippen LogP contribution in [0.3, 0.4) is 0 Å². The van der Waals surface area contributed by atoms with E-state index in [0.717, 1.165) is 0 Å².